The van der Waals surface area contributed by atoms with Gasteiger partial charge in [-0.1, -0.05) is 24.6 Å². The first-order chi connectivity index (χ1) is 17.6. The number of aliphatic imine (C=N–C) groups is 2. The number of rotatable bonds is 11. The molecule has 0 fully saturated rings. The molecule has 0 unspecified atom stereocenters. The second-order valence-corrected chi connectivity index (χ2v) is 10.5. The van der Waals surface area contributed by atoms with Crippen LogP contribution in [0.5, 0.6) is 11.8 Å². The van der Waals surface area contributed by atoms with Crippen LogP contribution in [-0.2, 0) is 16.6 Å². The fourth-order valence-corrected chi connectivity index (χ4v) is 4.45. The Kier molecular flexibility index (Phi) is 8.99. The summed E-state index contributed by atoms with van der Waals surface area (Å²) in [7, 11) is -1.08. The van der Waals surface area contributed by atoms with E-state index in [1.807, 2.05) is 0 Å². The van der Waals surface area contributed by atoms with Crippen LogP contribution >= 0.6 is 11.6 Å². The SMILES string of the molecule is C=N/C(=N\C=C(/C)Cl)[C@@H](C)[C@H](C)S(=O)(=O)Nc1nnc(-c2cccc(OC)n2)n1Cc1cc(OC)no1. The zero-order valence-electron chi connectivity index (χ0n) is 20.9. The predicted molar refractivity (Wildman–Crippen MR) is 140 cm³/mol. The Morgan fingerprint density at radius 3 is 2.62 bits per heavy atom. The van der Waals surface area contributed by atoms with Crippen LogP contribution < -0.4 is 14.2 Å². The fourth-order valence-electron chi connectivity index (χ4n) is 3.15. The number of amidine groups is 1. The number of hydrogen-bond donors (Lipinski definition) is 1. The van der Waals surface area contributed by atoms with Gasteiger partial charge in [-0.15, -0.1) is 10.2 Å². The summed E-state index contributed by atoms with van der Waals surface area (Å²) in [6.45, 7) is 8.36. The van der Waals surface area contributed by atoms with Crippen LogP contribution in [0.2, 0.25) is 0 Å². The van der Waals surface area contributed by atoms with E-state index in [4.69, 9.17) is 25.6 Å². The van der Waals surface area contributed by atoms with Crippen molar-refractivity contribution in [2.45, 2.75) is 32.6 Å². The standard InChI is InChI=1S/C22H27ClN8O5S/c1-13(23)11-25-20(24-4)14(2)15(3)37(32,33)30-22-28-27-21(17-8-7-9-18(26-17)34-5)31(22)12-16-10-19(35-6)29-36-16/h7-11,14-15H,4,12H2,1-3,5-6H3,(H,28,30)/b13-11+,25-20-/t14-,15-/m0/s1. The summed E-state index contributed by atoms with van der Waals surface area (Å²) in [6, 6.07) is 6.66. The highest BCUT2D eigenvalue weighted by Crippen LogP contribution is 2.25. The predicted octanol–water partition coefficient (Wildman–Crippen LogP) is 3.36. The number of ether oxygens (including phenoxy) is 2. The van der Waals surface area contributed by atoms with E-state index in [-0.39, 0.29) is 30.0 Å². The lowest BCUT2D eigenvalue weighted by atomic mass is 10.1. The molecule has 37 heavy (non-hydrogen) atoms. The maximum atomic E-state index is 13.4. The van der Waals surface area contributed by atoms with Crippen molar-refractivity contribution in [3.05, 3.63) is 41.3 Å². The van der Waals surface area contributed by atoms with Gasteiger partial charge in [0.15, 0.2) is 11.6 Å². The van der Waals surface area contributed by atoms with E-state index in [1.165, 1.54) is 31.9 Å². The van der Waals surface area contributed by atoms with Gasteiger partial charge in [-0.05, 0) is 31.8 Å². The monoisotopic (exact) mass is 550 g/mol. The second kappa shape index (κ2) is 12.0. The van der Waals surface area contributed by atoms with E-state index in [2.05, 4.69) is 41.8 Å². The minimum atomic E-state index is -4.01. The van der Waals surface area contributed by atoms with Crippen LogP contribution in [0, 0.1) is 5.92 Å². The quantitative estimate of drug-likeness (QED) is 0.279. The molecule has 2 atom stereocenters. The number of pyridine rings is 1. The average Bonchev–Trinajstić information content (AvgIpc) is 3.50. The molecular formula is C22H27ClN8O5S. The van der Waals surface area contributed by atoms with Crippen molar-refractivity contribution < 1.29 is 22.4 Å². The first kappa shape index (κ1) is 27.8. The molecule has 0 saturated carbocycles. The maximum absolute atomic E-state index is 13.4. The van der Waals surface area contributed by atoms with E-state index in [0.29, 0.717) is 22.4 Å². The normalized spacial score (nSPS) is 14.2. The largest absolute Gasteiger partial charge is 0.481 e. The molecule has 198 valence electrons. The van der Waals surface area contributed by atoms with Gasteiger partial charge in [0, 0.05) is 29.3 Å². The molecule has 13 nitrogen and oxygen atoms in total. The number of sulfonamides is 1. The lowest BCUT2D eigenvalue weighted by Gasteiger charge is -2.20. The smallest absolute Gasteiger partial charge is 0.254 e. The van der Waals surface area contributed by atoms with Crippen molar-refractivity contribution in [2.75, 3.05) is 18.9 Å². The number of allylic oxidation sites excluding steroid dienone is 1. The minimum absolute atomic E-state index is 0.0279. The van der Waals surface area contributed by atoms with Gasteiger partial charge in [-0.2, -0.15) is 0 Å². The molecular weight excluding hydrogens is 524 g/mol. The number of methoxy groups -OCH3 is 2. The Labute approximate surface area is 219 Å². The lowest BCUT2D eigenvalue weighted by molar-refractivity contribution is 0.324. The van der Waals surface area contributed by atoms with Gasteiger partial charge in [0.25, 0.3) is 5.88 Å². The van der Waals surface area contributed by atoms with E-state index >= 15 is 0 Å². The van der Waals surface area contributed by atoms with Gasteiger partial charge >= 0.3 is 0 Å². The van der Waals surface area contributed by atoms with E-state index < -0.39 is 21.2 Å². The first-order valence-electron chi connectivity index (χ1n) is 10.9. The third kappa shape index (κ3) is 6.71. The number of anilines is 1. The van der Waals surface area contributed by atoms with Gasteiger partial charge in [0.1, 0.15) is 11.5 Å². The molecule has 0 spiro atoms. The van der Waals surface area contributed by atoms with Crippen molar-refractivity contribution in [1.29, 1.82) is 0 Å². The summed E-state index contributed by atoms with van der Waals surface area (Å²) >= 11 is 5.84. The molecule has 0 amide bonds. The summed E-state index contributed by atoms with van der Waals surface area (Å²) in [5.41, 5.74) is 0.402. The molecule has 0 aliphatic heterocycles. The van der Waals surface area contributed by atoms with Crippen molar-refractivity contribution in [2.24, 2.45) is 15.9 Å². The van der Waals surface area contributed by atoms with Gasteiger partial charge < -0.3 is 14.0 Å². The highest BCUT2D eigenvalue weighted by Gasteiger charge is 2.32. The van der Waals surface area contributed by atoms with Crippen molar-refractivity contribution in [3.63, 3.8) is 0 Å². The number of nitrogens with zero attached hydrogens (tertiary/aromatic N) is 7. The molecule has 3 rings (SSSR count). The highest BCUT2D eigenvalue weighted by atomic mass is 35.5. The molecule has 3 aromatic heterocycles. The minimum Gasteiger partial charge on any atom is -0.481 e. The second-order valence-electron chi connectivity index (χ2n) is 7.84. The average molecular weight is 551 g/mol. The number of nitrogens with one attached hydrogen (secondary N) is 1. The van der Waals surface area contributed by atoms with Gasteiger partial charge in [0.05, 0.1) is 26.0 Å². The van der Waals surface area contributed by atoms with Crippen molar-refractivity contribution in [3.8, 4) is 23.3 Å². The van der Waals surface area contributed by atoms with Crippen molar-refractivity contribution >= 4 is 40.1 Å². The molecule has 1 N–H and O–H groups in total. The van der Waals surface area contributed by atoms with Gasteiger partial charge in [-0.3, -0.25) is 9.29 Å². The van der Waals surface area contributed by atoms with Crippen LogP contribution in [0.4, 0.5) is 5.95 Å². The van der Waals surface area contributed by atoms with Crippen LogP contribution in [0.15, 0.2) is 50.0 Å². The lowest BCUT2D eigenvalue weighted by Crippen LogP contribution is -2.35. The number of halogens is 1. The van der Waals surface area contributed by atoms with Gasteiger partial charge in [-0.25, -0.2) is 23.4 Å². The molecule has 3 aromatic rings. The zero-order chi connectivity index (χ0) is 27.2. The summed E-state index contributed by atoms with van der Waals surface area (Å²) < 4.78 is 46.3. The van der Waals surface area contributed by atoms with E-state index in [9.17, 15) is 8.42 Å². The molecule has 0 saturated heterocycles. The summed E-state index contributed by atoms with van der Waals surface area (Å²) in [6.07, 6.45) is 1.38. The molecule has 3 heterocycles. The van der Waals surface area contributed by atoms with Crippen LogP contribution in [0.1, 0.15) is 26.5 Å². The first-order valence-corrected chi connectivity index (χ1v) is 12.8. The Hall–Kier alpha value is -3.78. The Morgan fingerprint density at radius 1 is 1.27 bits per heavy atom. The Balaban J connectivity index is 2.00. The number of aromatic nitrogens is 5. The fraction of sp³-hybridized carbons (Fsp3) is 0.364. The van der Waals surface area contributed by atoms with E-state index in [1.54, 1.807) is 38.1 Å². The summed E-state index contributed by atoms with van der Waals surface area (Å²) in [5, 5.41) is 11.5. The van der Waals surface area contributed by atoms with Gasteiger partial charge in [0.2, 0.25) is 21.9 Å². The van der Waals surface area contributed by atoms with E-state index in [0.717, 1.165) is 0 Å². The Bertz CT molecular complexity index is 1410. The zero-order valence-corrected chi connectivity index (χ0v) is 22.5. The molecule has 0 radical (unpaired) electrons. The summed E-state index contributed by atoms with van der Waals surface area (Å²) in [4.78, 5) is 12.4. The maximum Gasteiger partial charge on any atom is 0.254 e. The third-order valence-electron chi connectivity index (χ3n) is 5.34. The van der Waals surface area contributed by atoms with Crippen LogP contribution in [0.3, 0.4) is 0 Å². The van der Waals surface area contributed by atoms with Crippen LogP contribution in [-0.4, -0.2) is 65.3 Å². The number of hydrogen-bond acceptors (Lipinski definition) is 10. The molecule has 0 aliphatic carbocycles. The Morgan fingerprint density at radius 2 is 2.00 bits per heavy atom. The third-order valence-corrected chi connectivity index (χ3v) is 7.30. The van der Waals surface area contributed by atoms with Crippen LogP contribution in [0.25, 0.3) is 11.5 Å². The highest BCUT2D eigenvalue weighted by molar-refractivity contribution is 7.93. The molecule has 15 heteroatoms. The summed E-state index contributed by atoms with van der Waals surface area (Å²) in [5.74, 6) is 0.782. The molecule has 0 bridgehead atoms. The molecule has 0 aliphatic rings. The topological polar surface area (TPSA) is 159 Å². The molecule has 0 aromatic carbocycles. The van der Waals surface area contributed by atoms with Crippen molar-refractivity contribution in [1.82, 2.24) is 24.9 Å².